The lowest BCUT2D eigenvalue weighted by atomic mass is 10.1. The molecule has 2 saturated heterocycles. The van der Waals surface area contributed by atoms with Crippen LogP contribution in [-0.2, 0) is 0 Å². The third-order valence-electron chi connectivity index (χ3n) is 9.77. The van der Waals surface area contributed by atoms with E-state index in [-0.39, 0.29) is 33.7 Å². The number of piperazine rings is 1. The fourth-order valence-electron chi connectivity index (χ4n) is 7.24. The normalized spacial score (nSPS) is 18.2. The van der Waals surface area contributed by atoms with Gasteiger partial charge in [-0.2, -0.15) is 0 Å². The average Bonchev–Trinajstić information content (AvgIpc) is 3.60. The first-order valence-electron chi connectivity index (χ1n) is 15.9. The Labute approximate surface area is 263 Å². The molecule has 0 spiro atoms. The van der Waals surface area contributed by atoms with E-state index in [0.717, 1.165) is 49.9 Å². The average molecular weight is 623 g/mol. The Balaban J connectivity index is 1.28. The predicted molar refractivity (Wildman–Crippen MR) is 179 cm³/mol. The number of anilines is 1. The Morgan fingerprint density at radius 1 is 0.978 bits per heavy atom. The second-order valence-electron chi connectivity index (χ2n) is 12.8. The highest BCUT2D eigenvalue weighted by Gasteiger charge is 2.29. The van der Waals surface area contributed by atoms with Crippen LogP contribution in [0, 0.1) is 5.82 Å². The second-order valence-corrected chi connectivity index (χ2v) is 12.8. The molecule has 8 rings (SSSR count). The predicted octanol–water partition coefficient (Wildman–Crippen LogP) is 3.35. The summed E-state index contributed by atoms with van der Waals surface area (Å²) in [4.78, 5) is 47.3. The van der Waals surface area contributed by atoms with E-state index in [4.69, 9.17) is 10.2 Å². The van der Waals surface area contributed by atoms with Crippen LogP contribution >= 0.6 is 0 Å². The molecule has 2 aromatic heterocycles. The summed E-state index contributed by atoms with van der Waals surface area (Å²) in [5, 5.41) is 5.59. The largest absolute Gasteiger partial charge is 0.451 e. The smallest absolute Gasteiger partial charge is 0.256 e. The molecule has 0 radical (unpaired) electrons. The molecule has 236 valence electrons. The standard InChI is InChI=1S/C35H35FN6O4/c1-39-11-13-40(14-12-39)9-4-8-38-35(45)26-19-42-28-16-23-21-5-2-3-6-22(21)32(43)24(23)17-29(28)46-34-30(42)25(33(26)44)15-27(36)31(34)41-10-7-20(37)18-41/h2-3,5-6,15-17,19-20H,4,7-14,18,37H2,1H3,(H,38,45). The zero-order chi connectivity index (χ0) is 31.7. The Morgan fingerprint density at radius 3 is 2.52 bits per heavy atom. The molecule has 0 saturated carbocycles. The van der Waals surface area contributed by atoms with Crippen LogP contribution in [0.2, 0.25) is 0 Å². The third-order valence-corrected chi connectivity index (χ3v) is 9.77. The summed E-state index contributed by atoms with van der Waals surface area (Å²) in [6, 6.07) is 12.0. The van der Waals surface area contributed by atoms with Gasteiger partial charge in [0.15, 0.2) is 22.4 Å². The van der Waals surface area contributed by atoms with Gasteiger partial charge in [0.2, 0.25) is 5.43 Å². The Hall–Kier alpha value is -4.58. The first-order valence-corrected chi connectivity index (χ1v) is 15.9. The Morgan fingerprint density at radius 2 is 1.76 bits per heavy atom. The van der Waals surface area contributed by atoms with E-state index in [1.54, 1.807) is 16.5 Å². The van der Waals surface area contributed by atoms with E-state index in [0.29, 0.717) is 53.4 Å². The molecular formula is C35H35FN6O4. The summed E-state index contributed by atoms with van der Waals surface area (Å²) in [6.45, 7) is 6.23. The van der Waals surface area contributed by atoms with Gasteiger partial charge in [-0.1, -0.05) is 24.3 Å². The summed E-state index contributed by atoms with van der Waals surface area (Å²) in [5.74, 6) is -1.14. The SMILES string of the molecule is CN1CCN(CCCNC(=O)c2cn3c4cc5c(cc4oc4c(N6CCC(N)C6)c(F)cc(c2=O)c43)c(=O)c2ccccc25)CC1. The van der Waals surface area contributed by atoms with Crippen molar-refractivity contribution < 1.29 is 13.6 Å². The fraction of sp³-hybridized carbons (Fsp3) is 0.343. The van der Waals surface area contributed by atoms with E-state index in [2.05, 4.69) is 22.2 Å². The van der Waals surface area contributed by atoms with Gasteiger partial charge in [-0.25, -0.2) is 4.39 Å². The molecule has 4 heterocycles. The lowest BCUT2D eigenvalue weighted by Gasteiger charge is -2.32. The van der Waals surface area contributed by atoms with Crippen LogP contribution in [0.1, 0.15) is 23.2 Å². The Bertz CT molecular complexity index is 2290. The highest BCUT2D eigenvalue weighted by Crippen LogP contribution is 2.38. The van der Waals surface area contributed by atoms with Gasteiger partial charge in [-0.15, -0.1) is 0 Å². The lowest BCUT2D eigenvalue weighted by Crippen LogP contribution is -2.45. The molecule has 1 amide bonds. The molecule has 11 heteroatoms. The number of carbonyl (C=O) groups is 1. The van der Waals surface area contributed by atoms with Crippen LogP contribution in [0.5, 0.6) is 0 Å². The number of benzene rings is 3. The molecular weight excluding hydrogens is 587 g/mol. The van der Waals surface area contributed by atoms with E-state index in [1.807, 2.05) is 29.2 Å². The number of carbonyl (C=O) groups excluding carboxylic acids is 1. The van der Waals surface area contributed by atoms with E-state index < -0.39 is 17.2 Å². The summed E-state index contributed by atoms with van der Waals surface area (Å²) in [6.07, 6.45) is 2.96. The topological polar surface area (TPSA) is 117 Å². The molecule has 2 fully saturated rings. The van der Waals surface area contributed by atoms with Gasteiger partial charge in [0.05, 0.1) is 10.9 Å². The molecule has 46 heavy (non-hydrogen) atoms. The first-order chi connectivity index (χ1) is 22.3. The second kappa shape index (κ2) is 11.0. The molecule has 0 aliphatic carbocycles. The van der Waals surface area contributed by atoms with E-state index in [1.165, 1.54) is 12.3 Å². The van der Waals surface area contributed by atoms with Crippen molar-refractivity contribution in [1.82, 2.24) is 19.5 Å². The number of halogens is 1. The minimum atomic E-state index is -0.627. The van der Waals surface area contributed by atoms with Gasteiger partial charge >= 0.3 is 0 Å². The summed E-state index contributed by atoms with van der Waals surface area (Å²) in [7, 11) is 2.11. The number of aromatic nitrogens is 1. The van der Waals surface area contributed by atoms with Crippen LogP contribution in [0.3, 0.4) is 0 Å². The molecule has 4 aromatic carbocycles. The summed E-state index contributed by atoms with van der Waals surface area (Å²) >= 11 is 0. The van der Waals surface area contributed by atoms with Crippen molar-refractivity contribution in [3.8, 4) is 0 Å². The van der Waals surface area contributed by atoms with E-state index in [9.17, 15) is 14.4 Å². The van der Waals surface area contributed by atoms with Crippen molar-refractivity contribution in [3.05, 3.63) is 80.5 Å². The molecule has 1 atom stereocenters. The van der Waals surface area contributed by atoms with Crippen LogP contribution in [0.15, 0.2) is 62.7 Å². The van der Waals surface area contributed by atoms with Gasteiger partial charge < -0.3 is 34.6 Å². The third kappa shape index (κ3) is 4.60. The zero-order valence-electron chi connectivity index (χ0n) is 25.6. The molecule has 3 N–H and O–H groups in total. The number of nitrogens with two attached hydrogens (primary N) is 1. The number of rotatable bonds is 6. The van der Waals surface area contributed by atoms with Crippen molar-refractivity contribution >= 4 is 60.7 Å². The molecule has 10 nitrogen and oxygen atoms in total. The van der Waals surface area contributed by atoms with Crippen LogP contribution < -0.4 is 26.8 Å². The zero-order valence-corrected chi connectivity index (χ0v) is 25.6. The summed E-state index contributed by atoms with van der Waals surface area (Å²) < 4.78 is 24.2. The number of likely N-dealkylation sites (N-methyl/N-ethyl adjacent to an activating group) is 1. The van der Waals surface area contributed by atoms with Crippen molar-refractivity contribution in [2.75, 3.05) is 64.3 Å². The van der Waals surface area contributed by atoms with Gasteiger partial charge in [-0.3, -0.25) is 14.4 Å². The van der Waals surface area contributed by atoms with Gasteiger partial charge in [0, 0.05) is 68.8 Å². The number of pyridine rings is 1. The fourth-order valence-corrected chi connectivity index (χ4v) is 7.24. The number of hydrogen-bond donors (Lipinski definition) is 2. The molecule has 2 aliphatic rings. The van der Waals surface area contributed by atoms with Gasteiger partial charge in [0.25, 0.3) is 5.91 Å². The van der Waals surface area contributed by atoms with Crippen molar-refractivity contribution in [2.24, 2.45) is 5.73 Å². The van der Waals surface area contributed by atoms with Crippen LogP contribution in [0.4, 0.5) is 10.1 Å². The van der Waals surface area contributed by atoms with E-state index >= 15 is 4.39 Å². The lowest BCUT2D eigenvalue weighted by molar-refractivity contribution is 0.0948. The maximum Gasteiger partial charge on any atom is 0.256 e. The number of nitrogens with zero attached hydrogens (tertiary/aromatic N) is 4. The number of fused-ring (bicyclic) bond motifs is 5. The highest BCUT2D eigenvalue weighted by molar-refractivity contribution is 6.15. The van der Waals surface area contributed by atoms with Crippen LogP contribution in [0.25, 0.3) is 49.1 Å². The Kier molecular flexibility index (Phi) is 6.93. The number of amides is 1. The van der Waals surface area contributed by atoms with Gasteiger partial charge in [-0.05, 0) is 55.4 Å². The minimum absolute atomic E-state index is 0.0486. The number of hydrogen-bond acceptors (Lipinski definition) is 8. The van der Waals surface area contributed by atoms with Crippen molar-refractivity contribution in [2.45, 2.75) is 18.9 Å². The van der Waals surface area contributed by atoms with Crippen LogP contribution in [-0.4, -0.2) is 85.6 Å². The van der Waals surface area contributed by atoms with Gasteiger partial charge in [0.1, 0.15) is 16.8 Å². The minimum Gasteiger partial charge on any atom is -0.451 e. The number of nitrogens with one attached hydrogen (secondary N) is 1. The quantitative estimate of drug-likeness (QED) is 0.165. The van der Waals surface area contributed by atoms with Crippen molar-refractivity contribution in [3.63, 3.8) is 0 Å². The highest BCUT2D eigenvalue weighted by atomic mass is 19.1. The molecule has 6 aromatic rings. The molecule has 1 unspecified atom stereocenters. The monoisotopic (exact) mass is 622 g/mol. The maximum atomic E-state index is 16.0. The molecule has 2 aliphatic heterocycles. The first kappa shape index (κ1) is 28.9. The molecule has 0 bridgehead atoms. The summed E-state index contributed by atoms with van der Waals surface area (Å²) in [5.41, 5.74) is 7.08. The maximum absolute atomic E-state index is 16.0. The van der Waals surface area contributed by atoms with Crippen molar-refractivity contribution in [1.29, 1.82) is 0 Å².